The molecular weight excluding hydrogens is 178 g/mol. The molecule has 2 rings (SSSR count). The average Bonchev–Trinajstić information content (AvgIpc) is 2.59. The monoisotopic (exact) mass is 199 g/mol. The van der Waals surface area contributed by atoms with Gasteiger partial charge in [-0.25, -0.2) is 0 Å². The van der Waals surface area contributed by atoms with E-state index in [2.05, 4.69) is 32.7 Å². The highest BCUT2D eigenvalue weighted by Gasteiger charge is 2.50. The van der Waals surface area contributed by atoms with Gasteiger partial charge in [0, 0.05) is 12.5 Å². The molecule has 3 heteroatoms. The Kier molecular flexibility index (Phi) is 2.37. The summed E-state index contributed by atoms with van der Waals surface area (Å²) in [5, 5.41) is 0. The standard InChI is InChI=1S/C11H21NO2/c1-10(2,3)9-7-11(8-12(9)4)13-5-6-14-11/h9H,5-8H2,1-4H3. The molecule has 14 heavy (non-hydrogen) atoms. The van der Waals surface area contributed by atoms with Crippen molar-refractivity contribution in [2.24, 2.45) is 5.41 Å². The lowest BCUT2D eigenvalue weighted by Gasteiger charge is -2.32. The summed E-state index contributed by atoms with van der Waals surface area (Å²) in [6, 6.07) is 0.556. The molecular formula is C11H21NO2. The summed E-state index contributed by atoms with van der Waals surface area (Å²) in [4.78, 5) is 2.37. The minimum Gasteiger partial charge on any atom is -0.346 e. The first-order chi connectivity index (χ1) is 6.43. The summed E-state index contributed by atoms with van der Waals surface area (Å²) >= 11 is 0. The molecule has 0 aliphatic carbocycles. The molecule has 1 spiro atoms. The smallest absolute Gasteiger partial charge is 0.182 e. The van der Waals surface area contributed by atoms with Gasteiger partial charge in [0.1, 0.15) is 0 Å². The van der Waals surface area contributed by atoms with Gasteiger partial charge in [0.05, 0.1) is 19.8 Å². The van der Waals surface area contributed by atoms with Crippen molar-refractivity contribution < 1.29 is 9.47 Å². The van der Waals surface area contributed by atoms with Gasteiger partial charge in [0.2, 0.25) is 0 Å². The maximum atomic E-state index is 5.73. The first-order valence-electron chi connectivity index (χ1n) is 5.41. The normalized spacial score (nSPS) is 33.0. The number of ether oxygens (including phenoxy) is 2. The molecule has 0 saturated carbocycles. The van der Waals surface area contributed by atoms with E-state index in [1.165, 1.54) is 0 Å². The molecule has 0 N–H and O–H groups in total. The molecule has 1 atom stereocenters. The molecule has 2 saturated heterocycles. The van der Waals surface area contributed by atoms with Gasteiger partial charge >= 0.3 is 0 Å². The van der Waals surface area contributed by atoms with E-state index in [0.29, 0.717) is 11.5 Å². The molecule has 0 amide bonds. The van der Waals surface area contributed by atoms with Crippen LogP contribution in [0.4, 0.5) is 0 Å². The Morgan fingerprint density at radius 1 is 1.21 bits per heavy atom. The maximum Gasteiger partial charge on any atom is 0.182 e. The third kappa shape index (κ3) is 1.69. The van der Waals surface area contributed by atoms with Gasteiger partial charge in [-0.15, -0.1) is 0 Å². The lowest BCUT2D eigenvalue weighted by Crippen LogP contribution is -2.36. The minimum atomic E-state index is -0.285. The minimum absolute atomic E-state index is 0.285. The molecule has 0 aromatic heterocycles. The molecule has 0 aromatic rings. The summed E-state index contributed by atoms with van der Waals surface area (Å²) in [6.45, 7) is 9.26. The molecule has 3 nitrogen and oxygen atoms in total. The fourth-order valence-electron chi connectivity index (χ4n) is 2.68. The van der Waals surface area contributed by atoms with Crippen LogP contribution >= 0.6 is 0 Å². The van der Waals surface area contributed by atoms with Gasteiger partial charge in [-0.2, -0.15) is 0 Å². The lowest BCUT2D eigenvalue weighted by atomic mass is 9.84. The first-order valence-corrected chi connectivity index (χ1v) is 5.41. The van der Waals surface area contributed by atoms with Gasteiger partial charge in [0.15, 0.2) is 5.79 Å². The summed E-state index contributed by atoms with van der Waals surface area (Å²) in [6.07, 6.45) is 1.01. The fourth-order valence-corrected chi connectivity index (χ4v) is 2.68. The van der Waals surface area contributed by atoms with Crippen LogP contribution in [0.25, 0.3) is 0 Å². The second kappa shape index (κ2) is 3.19. The molecule has 2 aliphatic heterocycles. The summed E-state index contributed by atoms with van der Waals surface area (Å²) in [5.74, 6) is -0.285. The Balaban J connectivity index is 2.10. The van der Waals surface area contributed by atoms with Crippen LogP contribution in [0.15, 0.2) is 0 Å². The van der Waals surface area contributed by atoms with E-state index in [1.807, 2.05) is 0 Å². The van der Waals surface area contributed by atoms with E-state index < -0.39 is 0 Å². The molecule has 2 aliphatic rings. The molecule has 2 fully saturated rings. The van der Waals surface area contributed by atoms with E-state index in [9.17, 15) is 0 Å². The number of nitrogens with zero attached hydrogens (tertiary/aromatic N) is 1. The molecule has 0 aromatic carbocycles. The summed E-state index contributed by atoms with van der Waals surface area (Å²) in [7, 11) is 2.16. The zero-order valence-corrected chi connectivity index (χ0v) is 9.67. The Morgan fingerprint density at radius 3 is 2.21 bits per heavy atom. The highest BCUT2D eigenvalue weighted by Crippen LogP contribution is 2.40. The Bertz CT molecular complexity index is 216. The number of hydrogen-bond donors (Lipinski definition) is 0. The van der Waals surface area contributed by atoms with Crippen LogP contribution in [-0.4, -0.2) is 43.5 Å². The van der Waals surface area contributed by atoms with Crippen molar-refractivity contribution in [2.75, 3.05) is 26.8 Å². The van der Waals surface area contributed by atoms with Gasteiger partial charge < -0.3 is 9.47 Å². The first kappa shape index (κ1) is 10.4. The topological polar surface area (TPSA) is 21.7 Å². The van der Waals surface area contributed by atoms with Gasteiger partial charge in [0.25, 0.3) is 0 Å². The quantitative estimate of drug-likeness (QED) is 0.590. The van der Waals surface area contributed by atoms with Crippen molar-refractivity contribution in [1.29, 1.82) is 0 Å². The number of likely N-dealkylation sites (N-methyl/N-ethyl adjacent to an activating group) is 1. The van der Waals surface area contributed by atoms with E-state index in [1.54, 1.807) is 0 Å². The van der Waals surface area contributed by atoms with Crippen LogP contribution in [0.5, 0.6) is 0 Å². The predicted molar refractivity (Wildman–Crippen MR) is 55.1 cm³/mol. The van der Waals surface area contributed by atoms with Crippen molar-refractivity contribution in [3.8, 4) is 0 Å². The van der Waals surface area contributed by atoms with Crippen LogP contribution in [-0.2, 0) is 9.47 Å². The van der Waals surface area contributed by atoms with E-state index in [0.717, 1.165) is 26.2 Å². The van der Waals surface area contributed by atoms with Crippen LogP contribution in [0.3, 0.4) is 0 Å². The van der Waals surface area contributed by atoms with Crippen molar-refractivity contribution in [3.05, 3.63) is 0 Å². The van der Waals surface area contributed by atoms with Crippen LogP contribution in [0, 0.1) is 5.41 Å². The average molecular weight is 199 g/mol. The second-order valence-electron chi connectivity index (χ2n) is 5.61. The highest BCUT2D eigenvalue weighted by molar-refractivity contribution is 4.97. The van der Waals surface area contributed by atoms with E-state index in [4.69, 9.17) is 9.47 Å². The Labute approximate surface area is 86.4 Å². The fraction of sp³-hybridized carbons (Fsp3) is 1.00. The third-order valence-corrected chi connectivity index (χ3v) is 3.34. The zero-order valence-electron chi connectivity index (χ0n) is 9.67. The third-order valence-electron chi connectivity index (χ3n) is 3.34. The predicted octanol–water partition coefficient (Wildman–Crippen LogP) is 1.48. The molecule has 82 valence electrons. The van der Waals surface area contributed by atoms with Crippen LogP contribution in [0.2, 0.25) is 0 Å². The lowest BCUT2D eigenvalue weighted by molar-refractivity contribution is -0.145. The van der Waals surface area contributed by atoms with Gasteiger partial charge in [-0.3, -0.25) is 4.90 Å². The highest BCUT2D eigenvalue weighted by atomic mass is 16.7. The number of hydrogen-bond acceptors (Lipinski definition) is 3. The van der Waals surface area contributed by atoms with Crippen molar-refractivity contribution in [3.63, 3.8) is 0 Å². The summed E-state index contributed by atoms with van der Waals surface area (Å²) in [5.41, 5.74) is 0.299. The van der Waals surface area contributed by atoms with Gasteiger partial charge in [-0.05, 0) is 12.5 Å². The molecule has 2 heterocycles. The van der Waals surface area contributed by atoms with Crippen molar-refractivity contribution >= 4 is 0 Å². The van der Waals surface area contributed by atoms with Crippen molar-refractivity contribution in [1.82, 2.24) is 4.90 Å². The Morgan fingerprint density at radius 2 is 1.79 bits per heavy atom. The number of rotatable bonds is 0. The SMILES string of the molecule is CN1CC2(CC1C(C)(C)C)OCCO2. The van der Waals surface area contributed by atoms with Crippen LogP contribution in [0.1, 0.15) is 27.2 Å². The second-order valence-corrected chi connectivity index (χ2v) is 5.61. The van der Waals surface area contributed by atoms with E-state index in [-0.39, 0.29) is 5.79 Å². The summed E-state index contributed by atoms with van der Waals surface area (Å²) < 4.78 is 11.5. The zero-order chi connectivity index (χ0) is 10.4. The van der Waals surface area contributed by atoms with Crippen LogP contribution < -0.4 is 0 Å². The Hall–Kier alpha value is -0.120. The van der Waals surface area contributed by atoms with E-state index >= 15 is 0 Å². The molecule has 0 bridgehead atoms. The maximum absolute atomic E-state index is 5.73. The number of likely N-dealkylation sites (tertiary alicyclic amines) is 1. The van der Waals surface area contributed by atoms with Gasteiger partial charge in [-0.1, -0.05) is 20.8 Å². The molecule has 1 unspecified atom stereocenters. The van der Waals surface area contributed by atoms with Crippen molar-refractivity contribution in [2.45, 2.75) is 39.0 Å². The molecule has 0 radical (unpaired) electrons. The largest absolute Gasteiger partial charge is 0.346 e.